The first-order valence-corrected chi connectivity index (χ1v) is 10.9. The number of primary sulfonamides is 1. The van der Waals surface area contributed by atoms with E-state index in [-0.39, 0.29) is 23.9 Å². The number of aromatic nitrogens is 2. The molecule has 0 spiro atoms. The van der Waals surface area contributed by atoms with Crippen molar-refractivity contribution in [1.82, 2.24) is 15.3 Å². The molecular weight excluding hydrogens is 398 g/mol. The highest BCUT2D eigenvalue weighted by Crippen LogP contribution is 2.33. The summed E-state index contributed by atoms with van der Waals surface area (Å²) in [6.07, 6.45) is 0. The molecule has 0 aliphatic rings. The second kappa shape index (κ2) is 7.82. The number of sulfonamides is 1. The minimum Gasteiger partial charge on any atom is -0.360 e. The summed E-state index contributed by atoms with van der Waals surface area (Å²) in [5.41, 5.74) is 1.88. The summed E-state index contributed by atoms with van der Waals surface area (Å²) in [7, 11) is -3.72. The molecule has 3 rings (SSSR count). The fraction of sp³-hybridized carbons (Fsp3) is 0.278. The molecule has 0 radical (unpaired) electrons. The Morgan fingerprint density at radius 2 is 1.82 bits per heavy atom. The number of carbonyl (C=O) groups excluding carboxylic acids is 1. The van der Waals surface area contributed by atoms with Crippen LogP contribution >= 0.6 is 11.3 Å². The van der Waals surface area contributed by atoms with Gasteiger partial charge in [0.15, 0.2) is 0 Å². The molecule has 148 valence electrons. The minimum atomic E-state index is -3.72. The molecular formula is C18H21N5O3S2. The van der Waals surface area contributed by atoms with Gasteiger partial charge in [-0.15, -0.1) is 11.3 Å². The molecule has 2 aromatic heterocycles. The molecule has 28 heavy (non-hydrogen) atoms. The molecule has 3 aromatic rings. The zero-order chi connectivity index (χ0) is 20.5. The summed E-state index contributed by atoms with van der Waals surface area (Å²) >= 11 is 1.61. The molecule has 1 aromatic carbocycles. The molecule has 4 N–H and O–H groups in total. The molecule has 2 heterocycles. The van der Waals surface area contributed by atoms with Gasteiger partial charge in [0.25, 0.3) is 0 Å². The number of nitrogens with two attached hydrogens (primary N) is 1. The van der Waals surface area contributed by atoms with E-state index < -0.39 is 10.0 Å². The van der Waals surface area contributed by atoms with Gasteiger partial charge in [0.2, 0.25) is 15.9 Å². The predicted molar refractivity (Wildman–Crippen MR) is 110 cm³/mol. The van der Waals surface area contributed by atoms with Gasteiger partial charge >= 0.3 is 0 Å². The van der Waals surface area contributed by atoms with Crippen molar-refractivity contribution in [1.29, 1.82) is 0 Å². The van der Waals surface area contributed by atoms with Gasteiger partial charge in [-0.05, 0) is 44.0 Å². The van der Waals surface area contributed by atoms with Crippen LogP contribution in [0.1, 0.15) is 21.8 Å². The molecule has 8 nitrogen and oxygen atoms in total. The van der Waals surface area contributed by atoms with Crippen LogP contribution < -0.4 is 15.8 Å². The van der Waals surface area contributed by atoms with Crippen LogP contribution in [0.15, 0.2) is 29.2 Å². The summed E-state index contributed by atoms with van der Waals surface area (Å²) in [4.78, 5) is 23.2. The van der Waals surface area contributed by atoms with E-state index in [0.29, 0.717) is 11.6 Å². The van der Waals surface area contributed by atoms with Crippen molar-refractivity contribution in [3.8, 4) is 0 Å². The Morgan fingerprint density at radius 3 is 2.46 bits per heavy atom. The standard InChI is InChI=1S/C18H21N5O3S2/c1-10-11(2)27-18-16(10)17(22-12(3)23-18)21-9-15(24)20-8-13-4-6-14(7-5-13)28(19,25)26/h4-7H,8-9H2,1-3H3,(H,20,24)(H2,19,25,26)(H,21,22,23). The molecule has 0 aliphatic carbocycles. The van der Waals surface area contributed by atoms with Crippen molar-refractivity contribution in [2.45, 2.75) is 32.2 Å². The minimum absolute atomic E-state index is 0.0359. The number of anilines is 1. The molecule has 0 aliphatic heterocycles. The first-order valence-electron chi connectivity index (χ1n) is 8.52. The number of hydrogen-bond donors (Lipinski definition) is 3. The Hall–Kier alpha value is -2.56. The van der Waals surface area contributed by atoms with Crippen molar-refractivity contribution in [3.63, 3.8) is 0 Å². The van der Waals surface area contributed by atoms with E-state index in [1.54, 1.807) is 23.5 Å². The van der Waals surface area contributed by atoms with Crippen LogP contribution in [0, 0.1) is 20.8 Å². The van der Waals surface area contributed by atoms with Crippen LogP contribution in [0.5, 0.6) is 0 Å². The lowest BCUT2D eigenvalue weighted by molar-refractivity contribution is -0.119. The number of benzene rings is 1. The van der Waals surface area contributed by atoms with E-state index >= 15 is 0 Å². The van der Waals surface area contributed by atoms with Crippen LogP contribution in [0.2, 0.25) is 0 Å². The largest absolute Gasteiger partial charge is 0.360 e. The maximum Gasteiger partial charge on any atom is 0.239 e. The molecule has 0 bridgehead atoms. The Kier molecular flexibility index (Phi) is 5.64. The number of carbonyl (C=O) groups is 1. The third-order valence-corrected chi connectivity index (χ3v) is 6.33. The van der Waals surface area contributed by atoms with E-state index in [1.807, 2.05) is 20.8 Å². The quantitative estimate of drug-likeness (QED) is 0.561. The molecule has 0 atom stereocenters. The van der Waals surface area contributed by atoms with Crippen molar-refractivity contribution < 1.29 is 13.2 Å². The first kappa shape index (κ1) is 20.2. The van der Waals surface area contributed by atoms with Gasteiger partial charge < -0.3 is 10.6 Å². The Balaban J connectivity index is 1.63. The highest BCUT2D eigenvalue weighted by atomic mass is 32.2. The Labute approximate surface area is 167 Å². The average molecular weight is 420 g/mol. The van der Waals surface area contributed by atoms with Gasteiger partial charge in [-0.2, -0.15) is 0 Å². The van der Waals surface area contributed by atoms with E-state index in [0.717, 1.165) is 21.3 Å². The number of fused-ring (bicyclic) bond motifs is 1. The summed E-state index contributed by atoms with van der Waals surface area (Å²) in [5, 5.41) is 11.9. The molecule has 0 unspecified atom stereocenters. The monoisotopic (exact) mass is 419 g/mol. The lowest BCUT2D eigenvalue weighted by Crippen LogP contribution is -2.29. The molecule has 0 saturated carbocycles. The number of thiophene rings is 1. The number of aryl methyl sites for hydroxylation is 3. The predicted octanol–water partition coefficient (Wildman–Crippen LogP) is 1.99. The Bertz CT molecular complexity index is 1140. The molecule has 10 heteroatoms. The fourth-order valence-electron chi connectivity index (χ4n) is 2.71. The number of amides is 1. The van der Waals surface area contributed by atoms with E-state index in [1.165, 1.54) is 17.0 Å². The van der Waals surface area contributed by atoms with Gasteiger partial charge in [0, 0.05) is 11.4 Å². The topological polar surface area (TPSA) is 127 Å². The molecule has 0 fully saturated rings. The highest BCUT2D eigenvalue weighted by molar-refractivity contribution is 7.89. The summed E-state index contributed by atoms with van der Waals surface area (Å²) in [5.74, 6) is 1.09. The van der Waals surface area contributed by atoms with Crippen molar-refractivity contribution >= 4 is 43.3 Å². The lowest BCUT2D eigenvalue weighted by Gasteiger charge is -2.10. The molecule has 1 amide bonds. The fourth-order valence-corrected chi connectivity index (χ4v) is 4.30. The Morgan fingerprint density at radius 1 is 1.14 bits per heavy atom. The summed E-state index contributed by atoms with van der Waals surface area (Å²) in [6, 6.07) is 6.05. The highest BCUT2D eigenvalue weighted by Gasteiger charge is 2.14. The zero-order valence-electron chi connectivity index (χ0n) is 15.7. The number of nitrogens with zero attached hydrogens (tertiary/aromatic N) is 2. The zero-order valence-corrected chi connectivity index (χ0v) is 17.4. The summed E-state index contributed by atoms with van der Waals surface area (Å²) < 4.78 is 22.5. The number of rotatable bonds is 6. The third kappa shape index (κ3) is 4.46. The maximum atomic E-state index is 12.2. The van der Waals surface area contributed by atoms with Gasteiger partial charge in [0.1, 0.15) is 16.5 Å². The number of hydrogen-bond acceptors (Lipinski definition) is 7. The van der Waals surface area contributed by atoms with E-state index in [4.69, 9.17) is 5.14 Å². The van der Waals surface area contributed by atoms with Crippen molar-refractivity contribution in [3.05, 3.63) is 46.1 Å². The van der Waals surface area contributed by atoms with Gasteiger partial charge in [-0.1, -0.05) is 12.1 Å². The van der Waals surface area contributed by atoms with Crippen molar-refractivity contribution in [2.24, 2.45) is 5.14 Å². The smallest absolute Gasteiger partial charge is 0.239 e. The number of nitrogens with one attached hydrogen (secondary N) is 2. The summed E-state index contributed by atoms with van der Waals surface area (Å²) in [6.45, 7) is 6.22. The van der Waals surface area contributed by atoms with Crippen LogP contribution in [-0.4, -0.2) is 30.8 Å². The lowest BCUT2D eigenvalue weighted by atomic mass is 10.2. The van der Waals surface area contributed by atoms with Gasteiger partial charge in [0.05, 0.1) is 16.8 Å². The second-order valence-corrected chi connectivity index (χ2v) is 9.17. The second-order valence-electron chi connectivity index (χ2n) is 6.40. The maximum absolute atomic E-state index is 12.2. The van der Waals surface area contributed by atoms with E-state index in [9.17, 15) is 13.2 Å². The van der Waals surface area contributed by atoms with Crippen LogP contribution in [0.3, 0.4) is 0 Å². The third-order valence-electron chi connectivity index (χ3n) is 4.30. The van der Waals surface area contributed by atoms with Crippen LogP contribution in [0.4, 0.5) is 5.82 Å². The SMILES string of the molecule is Cc1nc(NCC(=O)NCc2ccc(S(N)(=O)=O)cc2)c2c(C)c(C)sc2n1. The molecule has 0 saturated heterocycles. The normalized spacial score (nSPS) is 11.6. The average Bonchev–Trinajstić information content (AvgIpc) is 2.91. The van der Waals surface area contributed by atoms with Crippen LogP contribution in [-0.2, 0) is 21.4 Å². The van der Waals surface area contributed by atoms with Gasteiger partial charge in [-0.25, -0.2) is 23.5 Å². The van der Waals surface area contributed by atoms with Crippen LogP contribution in [0.25, 0.3) is 10.2 Å². The van der Waals surface area contributed by atoms with Crippen molar-refractivity contribution in [2.75, 3.05) is 11.9 Å². The van der Waals surface area contributed by atoms with Gasteiger partial charge in [-0.3, -0.25) is 4.79 Å². The first-order chi connectivity index (χ1) is 13.1. The van der Waals surface area contributed by atoms with E-state index in [2.05, 4.69) is 20.6 Å².